The zero-order chi connectivity index (χ0) is 13.9. The summed E-state index contributed by atoms with van der Waals surface area (Å²) < 4.78 is 31.2. The van der Waals surface area contributed by atoms with Crippen molar-refractivity contribution in [3.63, 3.8) is 0 Å². The summed E-state index contributed by atoms with van der Waals surface area (Å²) in [5.74, 6) is 0.0360. The van der Waals surface area contributed by atoms with Gasteiger partial charge < -0.3 is 10.5 Å². The normalized spacial score (nSPS) is 20.8. The minimum absolute atomic E-state index is 0.0226. The second-order valence-corrected chi connectivity index (χ2v) is 6.75. The van der Waals surface area contributed by atoms with Crippen LogP contribution in [0.25, 0.3) is 0 Å². The molecule has 1 heterocycles. The first kappa shape index (κ1) is 14.5. The number of sulfonamides is 1. The molecule has 1 fully saturated rings. The van der Waals surface area contributed by atoms with E-state index in [-0.39, 0.29) is 11.9 Å². The average molecular weight is 284 g/mol. The lowest BCUT2D eigenvalue weighted by Gasteiger charge is -2.16. The number of methoxy groups -OCH3 is 1. The Morgan fingerprint density at radius 3 is 2.47 bits per heavy atom. The van der Waals surface area contributed by atoms with Crippen LogP contribution in [0.2, 0.25) is 0 Å². The first-order valence-corrected chi connectivity index (χ1v) is 7.94. The second-order valence-electron chi connectivity index (χ2n) is 4.78. The number of nitrogens with two attached hydrogens (primary N) is 1. The van der Waals surface area contributed by atoms with E-state index in [0.717, 1.165) is 17.5 Å². The summed E-state index contributed by atoms with van der Waals surface area (Å²) in [7, 11) is -1.64. The molecule has 106 valence electrons. The maximum atomic E-state index is 12.3. The number of rotatable bonds is 5. The Hall–Kier alpha value is -0.950. The maximum Gasteiger partial charge on any atom is 0.218 e. The number of hydrogen-bond donors (Lipinski definition) is 1. The van der Waals surface area contributed by atoms with E-state index in [0.29, 0.717) is 19.6 Å². The van der Waals surface area contributed by atoms with Crippen molar-refractivity contribution in [3.05, 3.63) is 35.4 Å². The molecule has 0 amide bonds. The summed E-state index contributed by atoms with van der Waals surface area (Å²) in [4.78, 5) is 0. The molecule has 1 aliphatic rings. The largest absolute Gasteiger partial charge is 0.380 e. The van der Waals surface area contributed by atoms with Crippen LogP contribution in [0.1, 0.15) is 17.5 Å². The fraction of sp³-hybridized carbons (Fsp3) is 0.538. The summed E-state index contributed by atoms with van der Waals surface area (Å²) in [5.41, 5.74) is 7.31. The Labute approximate surface area is 114 Å². The van der Waals surface area contributed by atoms with Crippen LogP contribution in [-0.2, 0) is 27.1 Å². The lowest BCUT2D eigenvalue weighted by Crippen LogP contribution is -2.31. The molecule has 0 spiro atoms. The molecule has 0 saturated carbocycles. The third-order valence-corrected chi connectivity index (χ3v) is 5.26. The van der Waals surface area contributed by atoms with Crippen LogP contribution in [0, 0.1) is 0 Å². The molecule has 0 bridgehead atoms. The Balaban J connectivity index is 2.04. The van der Waals surface area contributed by atoms with Crippen molar-refractivity contribution in [2.75, 3.05) is 20.2 Å². The van der Waals surface area contributed by atoms with Gasteiger partial charge in [0.1, 0.15) is 0 Å². The van der Waals surface area contributed by atoms with Gasteiger partial charge in [-0.3, -0.25) is 0 Å². The molecule has 1 saturated heterocycles. The molecule has 5 nitrogen and oxygen atoms in total. The third-order valence-electron chi connectivity index (χ3n) is 3.44. The van der Waals surface area contributed by atoms with Crippen molar-refractivity contribution in [1.82, 2.24) is 4.31 Å². The van der Waals surface area contributed by atoms with Gasteiger partial charge in [0, 0.05) is 26.7 Å². The summed E-state index contributed by atoms with van der Waals surface area (Å²) in [6.45, 7) is 1.47. The summed E-state index contributed by atoms with van der Waals surface area (Å²) in [6, 6.07) is 7.38. The standard InChI is InChI=1S/C13H20N2O3S/c1-18-13-6-7-15(9-13)19(16,17)10-12-4-2-11(8-14)3-5-12/h2-5,13H,6-10,14H2,1H3. The average Bonchev–Trinajstić information content (AvgIpc) is 2.89. The van der Waals surface area contributed by atoms with Gasteiger partial charge in [0.05, 0.1) is 11.9 Å². The Bertz CT molecular complexity index is 513. The van der Waals surface area contributed by atoms with E-state index in [2.05, 4.69) is 0 Å². The predicted octanol–water partition coefficient (Wildman–Crippen LogP) is 0.696. The monoisotopic (exact) mass is 284 g/mol. The van der Waals surface area contributed by atoms with Gasteiger partial charge in [-0.15, -0.1) is 0 Å². The molecule has 1 aliphatic heterocycles. The zero-order valence-corrected chi connectivity index (χ0v) is 11.9. The molecule has 0 aromatic heterocycles. The lowest BCUT2D eigenvalue weighted by atomic mass is 10.1. The summed E-state index contributed by atoms with van der Waals surface area (Å²) in [5, 5.41) is 0. The Kier molecular flexibility index (Phi) is 4.57. The van der Waals surface area contributed by atoms with Gasteiger partial charge >= 0.3 is 0 Å². The fourth-order valence-electron chi connectivity index (χ4n) is 2.22. The number of benzene rings is 1. The zero-order valence-electron chi connectivity index (χ0n) is 11.1. The molecule has 1 aromatic rings. The van der Waals surface area contributed by atoms with E-state index in [1.807, 2.05) is 24.3 Å². The van der Waals surface area contributed by atoms with Gasteiger partial charge in [-0.25, -0.2) is 8.42 Å². The Morgan fingerprint density at radius 2 is 1.95 bits per heavy atom. The van der Waals surface area contributed by atoms with Crippen molar-refractivity contribution < 1.29 is 13.2 Å². The highest BCUT2D eigenvalue weighted by atomic mass is 32.2. The van der Waals surface area contributed by atoms with Crippen molar-refractivity contribution in [3.8, 4) is 0 Å². The van der Waals surface area contributed by atoms with E-state index >= 15 is 0 Å². The van der Waals surface area contributed by atoms with E-state index in [9.17, 15) is 8.42 Å². The highest BCUT2D eigenvalue weighted by Crippen LogP contribution is 2.19. The van der Waals surface area contributed by atoms with Crippen LogP contribution >= 0.6 is 0 Å². The topological polar surface area (TPSA) is 72.6 Å². The van der Waals surface area contributed by atoms with Crippen molar-refractivity contribution in [1.29, 1.82) is 0 Å². The van der Waals surface area contributed by atoms with Crippen LogP contribution in [0.3, 0.4) is 0 Å². The van der Waals surface area contributed by atoms with Crippen molar-refractivity contribution in [2.45, 2.75) is 24.8 Å². The molecule has 1 unspecified atom stereocenters. The Morgan fingerprint density at radius 1 is 1.32 bits per heavy atom. The molecule has 6 heteroatoms. The number of nitrogens with zero attached hydrogens (tertiary/aromatic N) is 1. The number of hydrogen-bond acceptors (Lipinski definition) is 4. The molecular formula is C13H20N2O3S. The van der Waals surface area contributed by atoms with E-state index in [1.54, 1.807) is 7.11 Å². The second kappa shape index (κ2) is 6.00. The van der Waals surface area contributed by atoms with Gasteiger partial charge in [-0.1, -0.05) is 24.3 Å². The smallest absolute Gasteiger partial charge is 0.218 e. The van der Waals surface area contributed by atoms with E-state index in [1.165, 1.54) is 4.31 Å². The molecular weight excluding hydrogens is 264 g/mol. The SMILES string of the molecule is COC1CCN(S(=O)(=O)Cc2ccc(CN)cc2)C1. The molecule has 2 rings (SSSR count). The minimum atomic E-state index is -3.25. The first-order chi connectivity index (χ1) is 9.05. The summed E-state index contributed by atoms with van der Waals surface area (Å²) >= 11 is 0. The third kappa shape index (κ3) is 3.54. The van der Waals surface area contributed by atoms with Gasteiger partial charge in [0.15, 0.2) is 0 Å². The predicted molar refractivity (Wildman–Crippen MR) is 73.9 cm³/mol. The molecule has 2 N–H and O–H groups in total. The van der Waals surface area contributed by atoms with Crippen LogP contribution in [0.15, 0.2) is 24.3 Å². The van der Waals surface area contributed by atoms with E-state index in [4.69, 9.17) is 10.5 Å². The van der Waals surface area contributed by atoms with Crippen LogP contribution in [-0.4, -0.2) is 39.0 Å². The first-order valence-electron chi connectivity index (χ1n) is 6.33. The highest BCUT2D eigenvalue weighted by molar-refractivity contribution is 7.88. The van der Waals surface area contributed by atoms with Crippen LogP contribution in [0.5, 0.6) is 0 Å². The minimum Gasteiger partial charge on any atom is -0.380 e. The van der Waals surface area contributed by atoms with Crippen molar-refractivity contribution in [2.24, 2.45) is 5.73 Å². The van der Waals surface area contributed by atoms with Gasteiger partial charge in [0.25, 0.3) is 0 Å². The maximum absolute atomic E-state index is 12.3. The van der Waals surface area contributed by atoms with Gasteiger partial charge in [0.2, 0.25) is 10.0 Å². The molecule has 1 aromatic carbocycles. The number of ether oxygens (including phenoxy) is 1. The van der Waals surface area contributed by atoms with Crippen molar-refractivity contribution >= 4 is 10.0 Å². The van der Waals surface area contributed by atoms with Crippen LogP contribution < -0.4 is 5.73 Å². The van der Waals surface area contributed by atoms with Crippen LogP contribution in [0.4, 0.5) is 0 Å². The lowest BCUT2D eigenvalue weighted by molar-refractivity contribution is 0.115. The molecule has 1 atom stereocenters. The fourth-order valence-corrected chi connectivity index (χ4v) is 3.79. The molecule has 0 radical (unpaired) electrons. The molecule has 0 aliphatic carbocycles. The highest BCUT2D eigenvalue weighted by Gasteiger charge is 2.31. The summed E-state index contributed by atoms with van der Waals surface area (Å²) in [6.07, 6.45) is 0.788. The van der Waals surface area contributed by atoms with E-state index < -0.39 is 10.0 Å². The molecule has 19 heavy (non-hydrogen) atoms. The van der Waals surface area contributed by atoms with Gasteiger partial charge in [-0.05, 0) is 17.5 Å². The van der Waals surface area contributed by atoms with Gasteiger partial charge in [-0.2, -0.15) is 4.31 Å². The quantitative estimate of drug-likeness (QED) is 0.863.